The van der Waals surface area contributed by atoms with Gasteiger partial charge in [-0.2, -0.15) is 10.4 Å². The molecule has 0 spiro atoms. The number of ketones is 1. The van der Waals surface area contributed by atoms with Crippen molar-refractivity contribution in [2.45, 2.75) is 45.6 Å². The summed E-state index contributed by atoms with van der Waals surface area (Å²) < 4.78 is 1.73. The third kappa shape index (κ3) is 3.86. The Morgan fingerprint density at radius 2 is 2.04 bits per heavy atom. The average Bonchev–Trinajstić information content (AvgIpc) is 3.08. The number of nitrogens with zero attached hydrogens (tertiary/aromatic N) is 3. The third-order valence-corrected chi connectivity index (χ3v) is 4.36. The molecule has 6 nitrogen and oxygen atoms in total. The second kappa shape index (κ2) is 7.23. The summed E-state index contributed by atoms with van der Waals surface area (Å²) in [4.78, 5) is 24.3. The van der Waals surface area contributed by atoms with Crippen LogP contribution in [0.2, 0.25) is 0 Å². The van der Waals surface area contributed by atoms with Crippen LogP contribution in [-0.4, -0.2) is 27.5 Å². The van der Waals surface area contributed by atoms with E-state index in [2.05, 4.69) is 10.4 Å². The Labute approximate surface area is 136 Å². The zero-order valence-corrected chi connectivity index (χ0v) is 13.8. The van der Waals surface area contributed by atoms with Gasteiger partial charge in [-0.15, -0.1) is 0 Å². The Hall–Kier alpha value is -2.42. The zero-order valence-electron chi connectivity index (χ0n) is 13.8. The van der Waals surface area contributed by atoms with E-state index in [4.69, 9.17) is 5.26 Å². The Kier molecular flexibility index (Phi) is 5.32. The first-order valence-corrected chi connectivity index (χ1v) is 7.86. The van der Waals surface area contributed by atoms with Gasteiger partial charge in [0.05, 0.1) is 11.8 Å². The van der Waals surface area contributed by atoms with Crippen molar-refractivity contribution in [3.63, 3.8) is 0 Å². The van der Waals surface area contributed by atoms with E-state index in [1.165, 1.54) is 6.08 Å². The standard InChI is InChI=1S/C17H22N4O2/c1-11-14(12(2)21(3)20-11)8-9-16(22)15(10-18)17(23)19-13-6-4-5-7-13/h8-9,13,15H,4-7H2,1-3H3,(H,19,23)/b9-8+/t15-/m1/s1. The van der Waals surface area contributed by atoms with Crippen molar-refractivity contribution < 1.29 is 9.59 Å². The maximum atomic E-state index is 12.2. The van der Waals surface area contributed by atoms with Gasteiger partial charge in [0.25, 0.3) is 0 Å². The van der Waals surface area contributed by atoms with Crippen LogP contribution in [0.15, 0.2) is 6.08 Å². The summed E-state index contributed by atoms with van der Waals surface area (Å²) >= 11 is 0. The Morgan fingerprint density at radius 1 is 1.39 bits per heavy atom. The number of nitriles is 1. The van der Waals surface area contributed by atoms with Gasteiger partial charge in [-0.25, -0.2) is 0 Å². The van der Waals surface area contributed by atoms with Crippen LogP contribution < -0.4 is 5.32 Å². The van der Waals surface area contributed by atoms with Crippen LogP contribution in [0.3, 0.4) is 0 Å². The summed E-state index contributed by atoms with van der Waals surface area (Å²) in [6.45, 7) is 3.75. The number of hydrogen-bond acceptors (Lipinski definition) is 4. The largest absolute Gasteiger partial charge is 0.352 e. The monoisotopic (exact) mass is 314 g/mol. The van der Waals surface area contributed by atoms with Gasteiger partial charge in [0.15, 0.2) is 11.7 Å². The molecule has 1 aliphatic rings. The maximum absolute atomic E-state index is 12.2. The fourth-order valence-electron chi connectivity index (χ4n) is 2.90. The average molecular weight is 314 g/mol. The third-order valence-electron chi connectivity index (χ3n) is 4.36. The highest BCUT2D eigenvalue weighted by Crippen LogP contribution is 2.18. The Bertz CT molecular complexity index is 676. The van der Waals surface area contributed by atoms with Crippen molar-refractivity contribution in [1.29, 1.82) is 5.26 Å². The minimum absolute atomic E-state index is 0.0953. The van der Waals surface area contributed by atoms with Crippen LogP contribution in [-0.2, 0) is 16.6 Å². The number of amides is 1. The van der Waals surface area contributed by atoms with E-state index in [-0.39, 0.29) is 6.04 Å². The smallest absolute Gasteiger partial charge is 0.245 e. The number of carbonyl (C=O) groups is 2. The van der Waals surface area contributed by atoms with Crippen molar-refractivity contribution in [3.05, 3.63) is 23.0 Å². The minimum Gasteiger partial charge on any atom is -0.352 e. The molecule has 1 amide bonds. The molecule has 6 heteroatoms. The van der Waals surface area contributed by atoms with Crippen molar-refractivity contribution in [2.75, 3.05) is 0 Å². The molecule has 23 heavy (non-hydrogen) atoms. The zero-order chi connectivity index (χ0) is 17.0. The summed E-state index contributed by atoms with van der Waals surface area (Å²) in [7, 11) is 1.83. The number of rotatable bonds is 5. The fraction of sp³-hybridized carbons (Fsp3) is 0.529. The predicted molar refractivity (Wildman–Crippen MR) is 86.2 cm³/mol. The number of hydrogen-bond donors (Lipinski definition) is 1. The van der Waals surface area contributed by atoms with Crippen LogP contribution in [0, 0.1) is 31.1 Å². The SMILES string of the molecule is Cc1nn(C)c(C)c1/C=C/C(=O)[C@@H](C#N)C(=O)NC1CCCC1. The van der Waals surface area contributed by atoms with E-state index in [1.54, 1.807) is 10.8 Å². The number of aromatic nitrogens is 2. The molecule has 122 valence electrons. The highest BCUT2D eigenvalue weighted by Gasteiger charge is 2.27. The summed E-state index contributed by atoms with van der Waals surface area (Å²) in [5.74, 6) is -2.27. The van der Waals surface area contributed by atoms with Gasteiger partial charge < -0.3 is 5.32 Å². The van der Waals surface area contributed by atoms with Gasteiger partial charge in [0.2, 0.25) is 5.91 Å². The molecule has 0 aliphatic heterocycles. The van der Waals surface area contributed by atoms with E-state index >= 15 is 0 Å². The molecular formula is C17H22N4O2. The van der Waals surface area contributed by atoms with Gasteiger partial charge >= 0.3 is 0 Å². The van der Waals surface area contributed by atoms with Crippen molar-refractivity contribution in [2.24, 2.45) is 13.0 Å². The topological polar surface area (TPSA) is 87.8 Å². The van der Waals surface area contributed by atoms with Crippen molar-refractivity contribution in [1.82, 2.24) is 15.1 Å². The maximum Gasteiger partial charge on any atom is 0.245 e. The number of carbonyl (C=O) groups excluding carboxylic acids is 2. The summed E-state index contributed by atoms with van der Waals surface area (Å²) in [5, 5.41) is 16.2. The molecule has 1 saturated carbocycles. The molecule has 1 aliphatic carbocycles. The molecular weight excluding hydrogens is 292 g/mol. The molecule has 1 fully saturated rings. The van der Waals surface area contributed by atoms with Crippen LogP contribution in [0.25, 0.3) is 6.08 Å². The highest BCUT2D eigenvalue weighted by molar-refractivity contribution is 6.10. The molecule has 0 bridgehead atoms. The summed E-state index contributed by atoms with van der Waals surface area (Å²) in [6, 6.07) is 1.91. The quantitative estimate of drug-likeness (QED) is 0.663. The second-order valence-corrected chi connectivity index (χ2v) is 6.00. The molecule has 0 aromatic carbocycles. The number of allylic oxidation sites excluding steroid dienone is 1. The summed E-state index contributed by atoms with van der Waals surface area (Å²) in [5.41, 5.74) is 2.57. The van der Waals surface area contributed by atoms with Gasteiger partial charge in [-0.05, 0) is 38.8 Å². The molecule has 0 saturated heterocycles. The molecule has 0 unspecified atom stereocenters. The van der Waals surface area contributed by atoms with Gasteiger partial charge in [0, 0.05) is 24.3 Å². The Morgan fingerprint density at radius 3 is 2.57 bits per heavy atom. The molecule has 1 N–H and O–H groups in total. The minimum atomic E-state index is -1.29. The number of aryl methyl sites for hydroxylation is 2. The van der Waals surface area contributed by atoms with Gasteiger partial charge in [-0.3, -0.25) is 14.3 Å². The normalized spacial score (nSPS) is 16.4. The molecule has 1 heterocycles. The highest BCUT2D eigenvalue weighted by atomic mass is 16.2. The van der Waals surface area contributed by atoms with E-state index < -0.39 is 17.6 Å². The summed E-state index contributed by atoms with van der Waals surface area (Å²) in [6.07, 6.45) is 6.93. The number of nitrogens with one attached hydrogen (secondary N) is 1. The van der Waals surface area contributed by atoms with Crippen molar-refractivity contribution >= 4 is 17.8 Å². The first kappa shape index (κ1) is 16.9. The second-order valence-electron chi connectivity index (χ2n) is 6.00. The lowest BCUT2D eigenvalue weighted by atomic mass is 10.0. The van der Waals surface area contributed by atoms with Crippen LogP contribution >= 0.6 is 0 Å². The van der Waals surface area contributed by atoms with Crippen LogP contribution in [0.1, 0.15) is 42.6 Å². The molecule has 1 atom stereocenters. The molecule has 0 radical (unpaired) electrons. The Balaban J connectivity index is 2.06. The van der Waals surface area contributed by atoms with E-state index in [1.807, 2.05) is 27.0 Å². The van der Waals surface area contributed by atoms with Gasteiger partial charge in [0.1, 0.15) is 0 Å². The van der Waals surface area contributed by atoms with E-state index in [0.717, 1.165) is 42.6 Å². The first-order valence-electron chi connectivity index (χ1n) is 7.86. The lowest BCUT2D eigenvalue weighted by Gasteiger charge is -2.13. The van der Waals surface area contributed by atoms with E-state index in [9.17, 15) is 9.59 Å². The lowest BCUT2D eigenvalue weighted by Crippen LogP contribution is -2.39. The molecule has 2 rings (SSSR count). The van der Waals surface area contributed by atoms with E-state index in [0.29, 0.717) is 0 Å². The lowest BCUT2D eigenvalue weighted by molar-refractivity contribution is -0.129. The van der Waals surface area contributed by atoms with Crippen LogP contribution in [0.4, 0.5) is 0 Å². The predicted octanol–water partition coefficient (Wildman–Crippen LogP) is 1.82. The fourth-order valence-corrected chi connectivity index (χ4v) is 2.90. The first-order chi connectivity index (χ1) is 10.9. The van der Waals surface area contributed by atoms with Gasteiger partial charge in [-0.1, -0.05) is 12.8 Å². The van der Waals surface area contributed by atoms with Crippen LogP contribution in [0.5, 0.6) is 0 Å². The molecule has 1 aromatic rings. The molecule has 1 aromatic heterocycles. The van der Waals surface area contributed by atoms with Crippen molar-refractivity contribution in [3.8, 4) is 6.07 Å².